The highest BCUT2D eigenvalue weighted by atomic mass is 32.2. The Balaban J connectivity index is 1.86. The summed E-state index contributed by atoms with van der Waals surface area (Å²) in [5.74, 6) is -0.218. The summed E-state index contributed by atoms with van der Waals surface area (Å²) >= 11 is 0. The van der Waals surface area contributed by atoms with Crippen LogP contribution in [0.3, 0.4) is 0 Å². The number of nitrogens with one attached hydrogen (secondary N) is 1. The van der Waals surface area contributed by atoms with Gasteiger partial charge in [0.2, 0.25) is 15.9 Å². The molecule has 0 spiro atoms. The molecule has 0 bridgehead atoms. The van der Waals surface area contributed by atoms with Crippen molar-refractivity contribution < 1.29 is 13.2 Å². The quantitative estimate of drug-likeness (QED) is 0.729. The van der Waals surface area contributed by atoms with Gasteiger partial charge in [-0.2, -0.15) is 0 Å². The van der Waals surface area contributed by atoms with Crippen LogP contribution >= 0.6 is 0 Å². The molecule has 1 fully saturated rings. The van der Waals surface area contributed by atoms with Crippen molar-refractivity contribution in [3.05, 3.63) is 48.6 Å². The van der Waals surface area contributed by atoms with Gasteiger partial charge in [0.15, 0.2) is 0 Å². The Labute approximate surface area is 144 Å². The SMILES string of the molecule is C=CCNC(=O)[C@H]1CCCN(S(=O)(=O)CCCc2ccccc2)C1. The molecule has 1 atom stereocenters. The highest BCUT2D eigenvalue weighted by Gasteiger charge is 2.31. The molecule has 1 aliphatic heterocycles. The van der Waals surface area contributed by atoms with Crippen LogP contribution in [0, 0.1) is 5.92 Å². The molecule has 0 aliphatic carbocycles. The molecule has 1 aliphatic rings. The molecule has 1 saturated heterocycles. The number of amides is 1. The van der Waals surface area contributed by atoms with Crippen LogP contribution in [0.4, 0.5) is 0 Å². The lowest BCUT2D eigenvalue weighted by molar-refractivity contribution is -0.125. The molecule has 6 heteroatoms. The van der Waals surface area contributed by atoms with Gasteiger partial charge >= 0.3 is 0 Å². The number of benzene rings is 1. The maximum Gasteiger partial charge on any atom is 0.224 e. The number of rotatable bonds is 8. The molecule has 5 nitrogen and oxygen atoms in total. The molecule has 0 radical (unpaired) electrons. The van der Waals surface area contributed by atoms with Crippen molar-refractivity contribution in [1.82, 2.24) is 9.62 Å². The number of hydrogen-bond acceptors (Lipinski definition) is 3. The smallest absolute Gasteiger partial charge is 0.224 e. The van der Waals surface area contributed by atoms with Crippen LogP contribution in [0.5, 0.6) is 0 Å². The third-order valence-corrected chi connectivity index (χ3v) is 6.20. The number of carbonyl (C=O) groups is 1. The zero-order valence-electron chi connectivity index (χ0n) is 14.0. The van der Waals surface area contributed by atoms with Gasteiger partial charge in [0, 0.05) is 19.6 Å². The van der Waals surface area contributed by atoms with Crippen molar-refractivity contribution in [1.29, 1.82) is 0 Å². The van der Waals surface area contributed by atoms with E-state index in [1.807, 2.05) is 30.3 Å². The molecule has 24 heavy (non-hydrogen) atoms. The summed E-state index contributed by atoms with van der Waals surface area (Å²) < 4.78 is 26.6. The van der Waals surface area contributed by atoms with E-state index < -0.39 is 10.0 Å². The van der Waals surface area contributed by atoms with Crippen molar-refractivity contribution in [2.75, 3.05) is 25.4 Å². The second-order valence-corrected chi connectivity index (χ2v) is 8.22. The lowest BCUT2D eigenvalue weighted by Gasteiger charge is -2.31. The fraction of sp³-hybridized carbons (Fsp3) is 0.500. The largest absolute Gasteiger partial charge is 0.352 e. The minimum atomic E-state index is -3.31. The van der Waals surface area contributed by atoms with Crippen molar-refractivity contribution in [3.8, 4) is 0 Å². The van der Waals surface area contributed by atoms with Gasteiger partial charge in [0.05, 0.1) is 11.7 Å². The Morgan fingerprint density at radius 3 is 2.79 bits per heavy atom. The fourth-order valence-corrected chi connectivity index (χ4v) is 4.54. The molecule has 0 aromatic heterocycles. The first-order chi connectivity index (χ1) is 11.5. The van der Waals surface area contributed by atoms with Crippen molar-refractivity contribution >= 4 is 15.9 Å². The van der Waals surface area contributed by atoms with Gasteiger partial charge in [-0.3, -0.25) is 4.79 Å². The van der Waals surface area contributed by atoms with E-state index in [2.05, 4.69) is 11.9 Å². The van der Waals surface area contributed by atoms with Gasteiger partial charge < -0.3 is 5.32 Å². The first-order valence-electron chi connectivity index (χ1n) is 8.43. The summed E-state index contributed by atoms with van der Waals surface area (Å²) in [5.41, 5.74) is 1.15. The van der Waals surface area contributed by atoms with E-state index in [9.17, 15) is 13.2 Å². The molecular formula is C18H26N2O3S. The van der Waals surface area contributed by atoms with E-state index in [1.165, 1.54) is 4.31 Å². The number of piperidine rings is 1. The first-order valence-corrected chi connectivity index (χ1v) is 10.0. The van der Waals surface area contributed by atoms with E-state index in [0.717, 1.165) is 24.8 Å². The number of sulfonamides is 1. The summed E-state index contributed by atoms with van der Waals surface area (Å²) in [6.07, 6.45) is 4.43. The van der Waals surface area contributed by atoms with Crippen molar-refractivity contribution in [2.45, 2.75) is 25.7 Å². The maximum absolute atomic E-state index is 12.5. The summed E-state index contributed by atoms with van der Waals surface area (Å²) in [6, 6.07) is 9.88. The predicted octanol–water partition coefficient (Wildman–Crippen LogP) is 1.96. The second kappa shape index (κ2) is 8.99. The average molecular weight is 350 g/mol. The Hall–Kier alpha value is -1.66. The van der Waals surface area contributed by atoms with E-state index in [-0.39, 0.29) is 24.1 Å². The van der Waals surface area contributed by atoms with Crippen LogP contribution in [-0.2, 0) is 21.2 Å². The zero-order chi connectivity index (χ0) is 17.4. The monoisotopic (exact) mass is 350 g/mol. The van der Waals surface area contributed by atoms with Crippen LogP contribution in [0.25, 0.3) is 0 Å². The van der Waals surface area contributed by atoms with Crippen molar-refractivity contribution in [2.24, 2.45) is 5.92 Å². The van der Waals surface area contributed by atoms with Gasteiger partial charge in [-0.1, -0.05) is 36.4 Å². The molecule has 1 heterocycles. The van der Waals surface area contributed by atoms with Gasteiger partial charge in [0.1, 0.15) is 0 Å². The summed E-state index contributed by atoms with van der Waals surface area (Å²) in [4.78, 5) is 12.0. The van der Waals surface area contributed by atoms with Crippen LogP contribution in [0.1, 0.15) is 24.8 Å². The Morgan fingerprint density at radius 2 is 2.08 bits per heavy atom. The topological polar surface area (TPSA) is 66.5 Å². The second-order valence-electron chi connectivity index (χ2n) is 6.14. The van der Waals surface area contributed by atoms with Gasteiger partial charge in [0.25, 0.3) is 0 Å². The fourth-order valence-electron chi connectivity index (χ4n) is 2.96. The predicted molar refractivity (Wildman–Crippen MR) is 96.1 cm³/mol. The first kappa shape index (κ1) is 18.7. The van der Waals surface area contributed by atoms with Crippen molar-refractivity contribution in [3.63, 3.8) is 0 Å². The van der Waals surface area contributed by atoms with Gasteiger partial charge in [-0.05, 0) is 31.2 Å². The molecule has 1 aromatic rings. The zero-order valence-corrected chi connectivity index (χ0v) is 14.8. The van der Waals surface area contributed by atoms with E-state index in [4.69, 9.17) is 0 Å². The average Bonchev–Trinajstić information content (AvgIpc) is 2.60. The van der Waals surface area contributed by atoms with Crippen LogP contribution in [0.2, 0.25) is 0 Å². The molecule has 0 unspecified atom stereocenters. The third kappa shape index (κ3) is 5.46. The van der Waals surface area contributed by atoms with Crippen LogP contribution < -0.4 is 5.32 Å². The molecular weight excluding hydrogens is 324 g/mol. The molecule has 2 rings (SSSR count). The number of carbonyl (C=O) groups excluding carboxylic acids is 1. The standard InChI is InChI=1S/C18H26N2O3S/c1-2-12-19-18(21)17-11-6-13-20(15-17)24(22,23)14-7-10-16-8-4-3-5-9-16/h2-5,8-9,17H,1,6-7,10-15H2,(H,19,21)/t17-/m0/s1. The molecule has 1 N–H and O–H groups in total. The number of aryl methyl sites for hydroxylation is 1. The summed E-state index contributed by atoms with van der Waals surface area (Å²) in [6.45, 7) is 4.79. The van der Waals surface area contributed by atoms with Gasteiger partial charge in [-0.25, -0.2) is 12.7 Å². The highest BCUT2D eigenvalue weighted by molar-refractivity contribution is 7.89. The third-order valence-electron chi connectivity index (χ3n) is 4.28. The van der Waals surface area contributed by atoms with E-state index in [1.54, 1.807) is 6.08 Å². The van der Waals surface area contributed by atoms with E-state index >= 15 is 0 Å². The Kier molecular flexibility index (Phi) is 6.99. The molecule has 1 amide bonds. The minimum Gasteiger partial charge on any atom is -0.352 e. The molecule has 132 valence electrons. The lowest BCUT2D eigenvalue weighted by Crippen LogP contribution is -2.46. The normalized spacial score (nSPS) is 18.9. The van der Waals surface area contributed by atoms with E-state index in [0.29, 0.717) is 19.5 Å². The summed E-state index contributed by atoms with van der Waals surface area (Å²) in [5, 5.41) is 2.76. The minimum absolute atomic E-state index is 0.0842. The maximum atomic E-state index is 12.5. The molecule has 1 aromatic carbocycles. The summed E-state index contributed by atoms with van der Waals surface area (Å²) in [7, 11) is -3.31. The number of hydrogen-bond donors (Lipinski definition) is 1. The lowest BCUT2D eigenvalue weighted by atomic mass is 9.99. The Morgan fingerprint density at radius 1 is 1.33 bits per heavy atom. The van der Waals surface area contributed by atoms with Gasteiger partial charge in [-0.15, -0.1) is 6.58 Å². The van der Waals surface area contributed by atoms with Crippen LogP contribution in [-0.4, -0.2) is 44.0 Å². The highest BCUT2D eigenvalue weighted by Crippen LogP contribution is 2.20. The number of nitrogens with zero attached hydrogens (tertiary/aromatic N) is 1. The molecule has 0 saturated carbocycles. The van der Waals surface area contributed by atoms with Crippen LogP contribution in [0.15, 0.2) is 43.0 Å². The Bertz CT molecular complexity index is 643.